The van der Waals surface area contributed by atoms with Crippen LogP contribution < -0.4 is 5.73 Å². The molecule has 1 fully saturated rings. The molecule has 0 bridgehead atoms. The Bertz CT molecular complexity index is 136. The molecule has 0 atom stereocenters. The predicted octanol–water partition coefficient (Wildman–Crippen LogP) is 2.84. The average molecular weight is 212 g/mol. The third-order valence-electron chi connectivity index (χ3n) is 1.25. The van der Waals surface area contributed by atoms with E-state index >= 15 is 0 Å². The molecule has 0 aliphatic heterocycles. The summed E-state index contributed by atoms with van der Waals surface area (Å²) in [6.07, 6.45) is 3.15. The van der Waals surface area contributed by atoms with Crippen LogP contribution in [0.25, 0.3) is 0 Å². The molecule has 1 aliphatic rings. The average Bonchev–Trinajstić information content (AvgIpc) is 2.46. The normalized spacial score (nSPS) is 15.7. The van der Waals surface area contributed by atoms with Crippen molar-refractivity contribution < 1.29 is 4.79 Å². The molecule has 1 aliphatic carbocycles. The minimum absolute atomic E-state index is 0.111. The first-order valence-corrected chi connectivity index (χ1v) is 4.26. The molecule has 0 aromatic rings. The Hall–Kier alpha value is -0.210. The lowest BCUT2D eigenvalue weighted by atomic mass is 10.2. The molecule has 0 spiro atoms. The molecule has 2 nitrogen and oxygen atoms in total. The molecule has 0 radical (unpaired) electrons. The number of halogens is 2. The largest absolute Gasteiger partial charge is 0.372 e. The van der Waals surface area contributed by atoms with Gasteiger partial charge < -0.3 is 5.73 Å². The third kappa shape index (κ3) is 33.0. The number of hydrogen-bond donors (Lipinski definition) is 1. The van der Waals surface area contributed by atoms with Gasteiger partial charge in [-0.15, -0.1) is 0 Å². The highest BCUT2D eigenvalue weighted by Gasteiger charge is 2.30. The van der Waals surface area contributed by atoms with Gasteiger partial charge in [0, 0.05) is 0 Å². The van der Waals surface area contributed by atoms with Crippen LogP contribution in [0.5, 0.6) is 0 Å². The highest BCUT2D eigenvalue weighted by atomic mass is 35.5. The van der Waals surface area contributed by atoms with Crippen molar-refractivity contribution in [3.8, 4) is 0 Å². The van der Waals surface area contributed by atoms with Crippen LogP contribution in [0, 0.1) is 5.41 Å². The van der Waals surface area contributed by atoms with E-state index in [4.69, 9.17) is 28.0 Å². The molecule has 2 N–H and O–H groups in total. The first-order chi connectivity index (χ1) is 5.35. The summed E-state index contributed by atoms with van der Waals surface area (Å²) in [5, 5.41) is 0. The van der Waals surface area contributed by atoms with Crippen LogP contribution in [0.4, 0.5) is 0 Å². The predicted molar refractivity (Wildman–Crippen MR) is 54.1 cm³/mol. The van der Waals surface area contributed by atoms with Crippen molar-refractivity contribution in [3.63, 3.8) is 0 Å². The molecule has 1 rings (SSSR count). The second kappa shape index (κ2) is 7.44. The van der Waals surface area contributed by atoms with Crippen LogP contribution in [0.3, 0.4) is 0 Å². The van der Waals surface area contributed by atoms with Crippen LogP contribution in [0.15, 0.2) is 11.1 Å². The van der Waals surface area contributed by atoms with Gasteiger partial charge in [0.1, 0.15) is 0 Å². The molecule has 0 aromatic carbocycles. The van der Waals surface area contributed by atoms with E-state index in [9.17, 15) is 0 Å². The van der Waals surface area contributed by atoms with Gasteiger partial charge in [-0.2, -0.15) is 0 Å². The molecule has 0 heterocycles. The van der Waals surface area contributed by atoms with Gasteiger partial charge >= 0.3 is 0 Å². The van der Waals surface area contributed by atoms with Crippen LogP contribution in [-0.2, 0) is 4.79 Å². The summed E-state index contributed by atoms with van der Waals surface area (Å²) in [6.45, 7) is 7.68. The molecule has 0 unspecified atom stereocenters. The molecule has 4 heteroatoms. The van der Waals surface area contributed by atoms with Crippen LogP contribution in [0.2, 0.25) is 0 Å². The van der Waals surface area contributed by atoms with E-state index in [-0.39, 0.29) is 10.9 Å². The van der Waals surface area contributed by atoms with Crippen molar-refractivity contribution >= 4 is 29.6 Å². The summed E-state index contributed by atoms with van der Waals surface area (Å²) in [4.78, 5) is 8.58. The van der Waals surface area contributed by atoms with Crippen LogP contribution in [-0.4, -0.2) is 6.41 Å². The summed E-state index contributed by atoms with van der Waals surface area (Å²) >= 11 is 9.69. The number of primary amides is 1. The van der Waals surface area contributed by atoms with E-state index in [1.54, 1.807) is 0 Å². The van der Waals surface area contributed by atoms with E-state index in [0.29, 0.717) is 0 Å². The molecule has 12 heavy (non-hydrogen) atoms. The molecule has 1 saturated carbocycles. The Morgan fingerprint density at radius 2 is 1.58 bits per heavy atom. The lowest BCUT2D eigenvalue weighted by molar-refractivity contribution is -0.106. The molecule has 72 valence electrons. The second-order valence-electron chi connectivity index (χ2n) is 3.14. The van der Waals surface area contributed by atoms with Crippen LogP contribution in [0.1, 0.15) is 26.7 Å². The third-order valence-corrected chi connectivity index (χ3v) is 1.25. The first kappa shape index (κ1) is 14.3. The fourth-order valence-corrected chi connectivity index (χ4v) is 0.250. The number of hydrogen-bond acceptors (Lipinski definition) is 1. The number of carbonyl (C=O) groups is 1. The SMILES string of the molecule is C=C(Cl)Cl.CC1(C)CC1.NC=O. The lowest BCUT2D eigenvalue weighted by Gasteiger charge is -1.86. The molecule has 0 aromatic heterocycles. The smallest absolute Gasteiger partial charge is 0.204 e. The van der Waals surface area contributed by atoms with E-state index in [1.165, 1.54) is 12.8 Å². The topological polar surface area (TPSA) is 43.1 Å². The first-order valence-electron chi connectivity index (χ1n) is 3.51. The molecular weight excluding hydrogens is 197 g/mol. The van der Waals surface area contributed by atoms with Crippen LogP contribution >= 0.6 is 23.2 Å². The molecule has 1 amide bonds. The second-order valence-corrected chi connectivity index (χ2v) is 4.24. The highest BCUT2D eigenvalue weighted by molar-refractivity contribution is 6.55. The van der Waals surface area contributed by atoms with E-state index < -0.39 is 0 Å². The number of rotatable bonds is 0. The van der Waals surface area contributed by atoms with Gasteiger partial charge in [0.25, 0.3) is 0 Å². The Labute approximate surface area is 83.7 Å². The lowest BCUT2D eigenvalue weighted by Crippen LogP contribution is -1.82. The van der Waals surface area contributed by atoms with Crippen molar-refractivity contribution in [3.05, 3.63) is 11.1 Å². The number of nitrogens with two attached hydrogens (primary N) is 1. The summed E-state index contributed by atoms with van der Waals surface area (Å²) in [7, 11) is 0. The zero-order chi connectivity index (χ0) is 10.2. The van der Waals surface area contributed by atoms with Crippen molar-refractivity contribution in [2.75, 3.05) is 0 Å². The quantitative estimate of drug-likeness (QED) is 0.616. The Balaban J connectivity index is 0. The fraction of sp³-hybridized carbons (Fsp3) is 0.625. The van der Waals surface area contributed by atoms with Gasteiger partial charge in [-0.25, -0.2) is 0 Å². The van der Waals surface area contributed by atoms with Gasteiger partial charge in [-0.05, 0) is 18.3 Å². The van der Waals surface area contributed by atoms with Gasteiger partial charge in [0.2, 0.25) is 6.41 Å². The standard InChI is InChI=1S/C5H10.C2H2Cl2.CH3NO/c1-5(2)3-4-5;1-2(3)4;2-1-3/h3-4H2,1-2H3;1H2;1H,(H2,2,3). The van der Waals surface area contributed by atoms with Gasteiger partial charge in [-0.3, -0.25) is 4.79 Å². The fourth-order valence-electron chi connectivity index (χ4n) is 0.250. The van der Waals surface area contributed by atoms with Crippen molar-refractivity contribution in [1.82, 2.24) is 0 Å². The monoisotopic (exact) mass is 211 g/mol. The Morgan fingerprint density at radius 1 is 1.50 bits per heavy atom. The van der Waals surface area contributed by atoms with E-state index in [2.05, 4.69) is 26.2 Å². The van der Waals surface area contributed by atoms with Gasteiger partial charge in [0.05, 0.1) is 4.49 Å². The van der Waals surface area contributed by atoms with E-state index in [1.807, 2.05) is 0 Å². The summed E-state index contributed by atoms with van der Waals surface area (Å²) in [5.41, 5.74) is 4.92. The zero-order valence-corrected chi connectivity index (χ0v) is 8.95. The van der Waals surface area contributed by atoms with Gasteiger partial charge in [-0.1, -0.05) is 43.6 Å². The van der Waals surface area contributed by atoms with Gasteiger partial charge in [0.15, 0.2) is 0 Å². The summed E-state index contributed by atoms with van der Waals surface area (Å²) in [6, 6.07) is 0. The summed E-state index contributed by atoms with van der Waals surface area (Å²) in [5.74, 6) is 0. The maximum atomic E-state index is 8.58. The Kier molecular flexibility index (Phi) is 8.88. The van der Waals surface area contributed by atoms with E-state index in [0.717, 1.165) is 5.41 Å². The summed E-state index contributed by atoms with van der Waals surface area (Å²) < 4.78 is 0.111. The van der Waals surface area contributed by atoms with Crippen molar-refractivity contribution in [1.29, 1.82) is 0 Å². The highest BCUT2D eigenvalue weighted by Crippen LogP contribution is 2.43. The maximum absolute atomic E-state index is 8.58. The van der Waals surface area contributed by atoms with Crippen molar-refractivity contribution in [2.24, 2.45) is 11.1 Å². The zero-order valence-electron chi connectivity index (χ0n) is 7.44. The minimum atomic E-state index is 0.111. The number of amides is 1. The van der Waals surface area contributed by atoms with Crippen molar-refractivity contribution in [2.45, 2.75) is 26.7 Å². The molecule has 0 saturated heterocycles. The minimum Gasteiger partial charge on any atom is -0.372 e. The Morgan fingerprint density at radius 3 is 1.58 bits per heavy atom. The molecular formula is C8H15Cl2NO. The maximum Gasteiger partial charge on any atom is 0.204 e. The number of carbonyl (C=O) groups excluding carboxylic acids is 1.